The molecule has 1 N–H and O–H groups in total. The number of fused-ring (bicyclic) bond motifs is 1. The Hall–Kier alpha value is -1.75. The lowest BCUT2D eigenvalue weighted by atomic mass is 9.83. The van der Waals surface area contributed by atoms with Crippen molar-refractivity contribution in [3.63, 3.8) is 0 Å². The van der Waals surface area contributed by atoms with E-state index in [0.29, 0.717) is 13.2 Å². The Bertz CT molecular complexity index is 549. The van der Waals surface area contributed by atoms with E-state index < -0.39 is 5.41 Å². The molecule has 0 spiro atoms. The van der Waals surface area contributed by atoms with E-state index in [2.05, 4.69) is 5.32 Å². The minimum atomic E-state index is -0.569. The second-order valence-electron chi connectivity index (χ2n) is 6.38. The molecular weight excluding hydrogens is 280 g/mol. The van der Waals surface area contributed by atoms with E-state index in [1.54, 1.807) is 0 Å². The summed E-state index contributed by atoms with van der Waals surface area (Å²) in [4.78, 5) is 14.9. The van der Waals surface area contributed by atoms with Crippen LogP contribution >= 0.6 is 0 Å². The first-order valence-corrected chi connectivity index (χ1v) is 7.99. The lowest BCUT2D eigenvalue weighted by Gasteiger charge is -2.32. The predicted molar refractivity (Wildman–Crippen MR) is 84.5 cm³/mol. The van der Waals surface area contributed by atoms with Crippen LogP contribution in [0.25, 0.3) is 0 Å². The van der Waals surface area contributed by atoms with E-state index in [-0.39, 0.29) is 5.91 Å². The number of amides is 1. The zero-order valence-corrected chi connectivity index (χ0v) is 13.4. The number of ether oxygens (including phenoxy) is 2. The molecule has 2 heterocycles. The van der Waals surface area contributed by atoms with Crippen LogP contribution in [0.15, 0.2) is 18.2 Å². The normalized spacial score (nSPS) is 18.7. The first-order valence-electron chi connectivity index (χ1n) is 7.99. The van der Waals surface area contributed by atoms with Crippen molar-refractivity contribution in [2.75, 3.05) is 39.4 Å². The zero-order valence-electron chi connectivity index (χ0n) is 13.4. The van der Waals surface area contributed by atoms with E-state index >= 15 is 0 Å². The first kappa shape index (κ1) is 15.2. The van der Waals surface area contributed by atoms with Crippen molar-refractivity contribution in [1.29, 1.82) is 0 Å². The number of rotatable bonds is 2. The quantitative estimate of drug-likeness (QED) is 0.901. The molecule has 1 amide bonds. The molecule has 0 aliphatic carbocycles. The largest absolute Gasteiger partial charge is 0.486 e. The third-order valence-electron chi connectivity index (χ3n) is 4.43. The highest BCUT2D eigenvalue weighted by atomic mass is 16.6. The van der Waals surface area contributed by atoms with Crippen molar-refractivity contribution in [3.05, 3.63) is 23.8 Å². The van der Waals surface area contributed by atoms with Crippen molar-refractivity contribution < 1.29 is 14.3 Å². The van der Waals surface area contributed by atoms with Gasteiger partial charge in [0, 0.05) is 19.6 Å². The van der Waals surface area contributed by atoms with Gasteiger partial charge in [-0.05, 0) is 44.5 Å². The third-order valence-corrected chi connectivity index (χ3v) is 4.43. The van der Waals surface area contributed by atoms with Crippen LogP contribution < -0.4 is 14.8 Å². The summed E-state index contributed by atoms with van der Waals surface area (Å²) in [6, 6.07) is 5.83. The predicted octanol–water partition coefficient (Wildman–Crippen LogP) is 1.56. The van der Waals surface area contributed by atoms with Gasteiger partial charge in [-0.1, -0.05) is 6.07 Å². The smallest absolute Gasteiger partial charge is 0.232 e. The molecule has 0 unspecified atom stereocenters. The maximum Gasteiger partial charge on any atom is 0.232 e. The fourth-order valence-corrected chi connectivity index (χ4v) is 3.00. The van der Waals surface area contributed by atoms with Crippen molar-refractivity contribution in [3.8, 4) is 11.5 Å². The van der Waals surface area contributed by atoms with Crippen LogP contribution in [-0.2, 0) is 10.2 Å². The van der Waals surface area contributed by atoms with E-state index in [4.69, 9.17) is 9.47 Å². The van der Waals surface area contributed by atoms with Gasteiger partial charge in [0.1, 0.15) is 13.2 Å². The fraction of sp³-hybridized carbons (Fsp3) is 0.588. The SMILES string of the molecule is CC(C)(C(=O)N1CCCNCC1)c1ccc2c(c1)OCCO2. The Balaban J connectivity index is 1.83. The van der Waals surface area contributed by atoms with E-state index in [1.807, 2.05) is 36.9 Å². The molecule has 2 aliphatic rings. The summed E-state index contributed by atoms with van der Waals surface area (Å²) in [5.41, 5.74) is 0.402. The number of carbonyl (C=O) groups excluding carboxylic acids is 1. The molecule has 5 nitrogen and oxygen atoms in total. The molecule has 0 saturated carbocycles. The Kier molecular flexibility index (Phi) is 4.25. The van der Waals surface area contributed by atoms with Crippen LogP contribution in [0, 0.1) is 0 Å². The summed E-state index contributed by atoms with van der Waals surface area (Å²) in [6.07, 6.45) is 1.00. The minimum absolute atomic E-state index is 0.174. The Morgan fingerprint density at radius 1 is 1.14 bits per heavy atom. The molecule has 3 rings (SSSR count). The van der Waals surface area contributed by atoms with Gasteiger partial charge in [0.05, 0.1) is 5.41 Å². The topological polar surface area (TPSA) is 50.8 Å². The van der Waals surface area contributed by atoms with Gasteiger partial charge in [0.2, 0.25) is 5.91 Å². The maximum absolute atomic E-state index is 13.0. The van der Waals surface area contributed by atoms with Gasteiger partial charge in [0.25, 0.3) is 0 Å². The van der Waals surface area contributed by atoms with Gasteiger partial charge in [0.15, 0.2) is 11.5 Å². The van der Waals surface area contributed by atoms with Gasteiger partial charge in [-0.15, -0.1) is 0 Å². The summed E-state index contributed by atoms with van der Waals surface area (Å²) in [5, 5.41) is 3.33. The fourth-order valence-electron chi connectivity index (χ4n) is 3.00. The molecule has 1 aromatic rings. The highest BCUT2D eigenvalue weighted by Gasteiger charge is 2.34. The Morgan fingerprint density at radius 3 is 2.73 bits per heavy atom. The van der Waals surface area contributed by atoms with Gasteiger partial charge in [-0.25, -0.2) is 0 Å². The first-order chi connectivity index (χ1) is 10.6. The van der Waals surface area contributed by atoms with Crippen LogP contribution in [0.3, 0.4) is 0 Å². The maximum atomic E-state index is 13.0. The monoisotopic (exact) mass is 304 g/mol. The number of benzene rings is 1. The number of nitrogens with zero attached hydrogens (tertiary/aromatic N) is 1. The molecule has 0 atom stereocenters. The number of nitrogens with one attached hydrogen (secondary N) is 1. The Labute approximate surface area is 131 Å². The molecule has 0 radical (unpaired) electrons. The summed E-state index contributed by atoms with van der Waals surface area (Å²) >= 11 is 0. The van der Waals surface area contributed by atoms with Crippen molar-refractivity contribution in [1.82, 2.24) is 10.2 Å². The molecule has 1 fully saturated rings. The molecular formula is C17H24N2O3. The molecule has 0 bridgehead atoms. The van der Waals surface area contributed by atoms with Gasteiger partial charge < -0.3 is 19.7 Å². The standard InChI is InChI=1S/C17H24N2O3/c1-17(2,16(20)19-8-3-6-18-7-9-19)13-4-5-14-15(12-13)22-11-10-21-14/h4-5,12,18H,3,6-11H2,1-2H3. The van der Waals surface area contributed by atoms with Crippen molar-refractivity contribution in [2.24, 2.45) is 0 Å². The second-order valence-corrected chi connectivity index (χ2v) is 6.38. The van der Waals surface area contributed by atoms with Crippen LogP contribution in [0.5, 0.6) is 11.5 Å². The molecule has 5 heteroatoms. The van der Waals surface area contributed by atoms with Gasteiger partial charge in [-0.2, -0.15) is 0 Å². The number of hydrogen-bond donors (Lipinski definition) is 1. The van der Waals surface area contributed by atoms with Crippen LogP contribution in [0.4, 0.5) is 0 Å². The molecule has 120 valence electrons. The summed E-state index contributed by atoms with van der Waals surface area (Å²) in [7, 11) is 0. The van der Waals surface area contributed by atoms with Gasteiger partial charge in [-0.3, -0.25) is 4.79 Å². The molecule has 1 saturated heterocycles. The summed E-state index contributed by atoms with van der Waals surface area (Å²) in [5.74, 6) is 1.67. The van der Waals surface area contributed by atoms with E-state index in [0.717, 1.165) is 49.7 Å². The molecule has 1 aromatic carbocycles. The Morgan fingerprint density at radius 2 is 1.91 bits per heavy atom. The average Bonchev–Trinajstić information content (AvgIpc) is 2.82. The van der Waals surface area contributed by atoms with Crippen LogP contribution in [0.2, 0.25) is 0 Å². The molecule has 22 heavy (non-hydrogen) atoms. The van der Waals surface area contributed by atoms with Crippen molar-refractivity contribution >= 4 is 5.91 Å². The van der Waals surface area contributed by atoms with Crippen molar-refractivity contribution in [2.45, 2.75) is 25.7 Å². The zero-order chi connectivity index (χ0) is 15.6. The number of hydrogen-bond acceptors (Lipinski definition) is 4. The van der Waals surface area contributed by atoms with Crippen LogP contribution in [0.1, 0.15) is 25.8 Å². The minimum Gasteiger partial charge on any atom is -0.486 e. The van der Waals surface area contributed by atoms with Crippen LogP contribution in [-0.4, -0.2) is 50.2 Å². The molecule has 2 aliphatic heterocycles. The highest BCUT2D eigenvalue weighted by molar-refractivity contribution is 5.87. The summed E-state index contributed by atoms with van der Waals surface area (Å²) in [6.45, 7) is 8.54. The number of carbonyl (C=O) groups is 1. The second kappa shape index (κ2) is 6.16. The highest BCUT2D eigenvalue weighted by Crippen LogP contribution is 2.36. The third kappa shape index (κ3) is 2.90. The van der Waals surface area contributed by atoms with Gasteiger partial charge >= 0.3 is 0 Å². The lowest BCUT2D eigenvalue weighted by Crippen LogP contribution is -2.45. The lowest BCUT2D eigenvalue weighted by molar-refractivity contribution is -0.136. The van der Waals surface area contributed by atoms with E-state index in [1.165, 1.54) is 0 Å². The van der Waals surface area contributed by atoms with E-state index in [9.17, 15) is 4.79 Å². The average molecular weight is 304 g/mol. The molecule has 0 aromatic heterocycles. The summed E-state index contributed by atoms with van der Waals surface area (Å²) < 4.78 is 11.2.